The van der Waals surface area contributed by atoms with E-state index in [1.54, 1.807) is 6.33 Å². The third-order valence-electron chi connectivity index (χ3n) is 4.38. The third-order valence-corrected chi connectivity index (χ3v) is 4.38. The topological polar surface area (TPSA) is 60.9 Å². The Balaban J connectivity index is 1.60. The molecule has 1 N–H and O–H groups in total. The average molecular weight is 320 g/mol. The highest BCUT2D eigenvalue weighted by Gasteiger charge is 2.20. The van der Waals surface area contributed by atoms with Crippen LogP contribution in [0.15, 0.2) is 42.9 Å². The number of hydrogen-bond donors (Lipinski definition) is 1. The molecule has 3 aromatic rings. The largest absolute Gasteiger partial charge is 0.378 e. The van der Waals surface area contributed by atoms with E-state index in [-0.39, 0.29) is 0 Å². The summed E-state index contributed by atoms with van der Waals surface area (Å²) in [5, 5.41) is 0. The van der Waals surface area contributed by atoms with Gasteiger partial charge in [0.15, 0.2) is 0 Å². The first kappa shape index (κ1) is 14.7. The SMILES string of the molecule is CN(C)c1ccc(-c2ccnc(N3CCc4nc[nH]c4C3)n2)cc1. The Hall–Kier alpha value is -2.89. The number of nitrogens with zero attached hydrogens (tertiary/aromatic N) is 5. The Labute approximate surface area is 141 Å². The fraction of sp³-hybridized carbons (Fsp3) is 0.278. The maximum Gasteiger partial charge on any atom is 0.226 e. The number of fused-ring (bicyclic) bond motifs is 1. The Morgan fingerprint density at radius 2 is 1.92 bits per heavy atom. The normalized spacial score (nSPS) is 13.7. The summed E-state index contributed by atoms with van der Waals surface area (Å²) in [5.74, 6) is 0.768. The summed E-state index contributed by atoms with van der Waals surface area (Å²) in [6, 6.07) is 10.4. The highest BCUT2D eigenvalue weighted by molar-refractivity contribution is 5.63. The van der Waals surface area contributed by atoms with E-state index >= 15 is 0 Å². The standard InChI is InChI=1S/C18H20N6/c1-23(2)14-5-3-13(4-6-14)15-7-9-19-18(22-15)24-10-8-16-17(11-24)21-12-20-16/h3-7,9,12H,8,10-11H2,1-2H3,(H,20,21). The number of anilines is 2. The van der Waals surface area contributed by atoms with Gasteiger partial charge in [0.05, 0.1) is 30.0 Å². The van der Waals surface area contributed by atoms with Crippen molar-refractivity contribution in [1.82, 2.24) is 19.9 Å². The molecule has 0 saturated heterocycles. The molecular weight excluding hydrogens is 300 g/mol. The predicted molar refractivity (Wildman–Crippen MR) is 95.1 cm³/mol. The van der Waals surface area contributed by atoms with E-state index in [0.717, 1.165) is 48.1 Å². The lowest BCUT2D eigenvalue weighted by Gasteiger charge is -2.26. The maximum atomic E-state index is 4.77. The summed E-state index contributed by atoms with van der Waals surface area (Å²) in [6.07, 6.45) is 4.52. The van der Waals surface area contributed by atoms with Crippen molar-refractivity contribution in [2.24, 2.45) is 0 Å². The third kappa shape index (κ3) is 2.71. The second-order valence-corrected chi connectivity index (χ2v) is 6.18. The Morgan fingerprint density at radius 3 is 2.71 bits per heavy atom. The van der Waals surface area contributed by atoms with Crippen LogP contribution in [0.1, 0.15) is 11.4 Å². The zero-order valence-corrected chi connectivity index (χ0v) is 13.9. The van der Waals surface area contributed by atoms with E-state index in [9.17, 15) is 0 Å². The van der Waals surface area contributed by atoms with Gasteiger partial charge in [0.1, 0.15) is 0 Å². The van der Waals surface area contributed by atoms with Gasteiger partial charge in [-0.15, -0.1) is 0 Å². The zero-order chi connectivity index (χ0) is 16.5. The van der Waals surface area contributed by atoms with Crippen molar-refractivity contribution in [3.63, 3.8) is 0 Å². The van der Waals surface area contributed by atoms with Gasteiger partial charge in [0.2, 0.25) is 5.95 Å². The van der Waals surface area contributed by atoms with Crippen molar-refractivity contribution in [3.05, 3.63) is 54.2 Å². The fourth-order valence-electron chi connectivity index (χ4n) is 2.98. The predicted octanol–water partition coefficient (Wildman–Crippen LogP) is 2.50. The molecule has 0 bridgehead atoms. The number of benzene rings is 1. The molecule has 0 aliphatic carbocycles. The van der Waals surface area contributed by atoms with Crippen LogP contribution < -0.4 is 9.80 Å². The molecule has 0 amide bonds. The highest BCUT2D eigenvalue weighted by Crippen LogP contribution is 2.24. The Bertz CT molecular complexity index is 837. The van der Waals surface area contributed by atoms with E-state index in [4.69, 9.17) is 4.98 Å². The second-order valence-electron chi connectivity index (χ2n) is 6.18. The number of hydrogen-bond acceptors (Lipinski definition) is 5. The van der Waals surface area contributed by atoms with Gasteiger partial charge >= 0.3 is 0 Å². The first-order valence-corrected chi connectivity index (χ1v) is 8.07. The second kappa shape index (κ2) is 5.96. The molecule has 0 radical (unpaired) electrons. The molecule has 1 aliphatic heterocycles. The molecule has 24 heavy (non-hydrogen) atoms. The molecule has 6 heteroatoms. The van der Waals surface area contributed by atoms with Crippen LogP contribution in [0, 0.1) is 0 Å². The van der Waals surface area contributed by atoms with E-state index in [0.29, 0.717) is 0 Å². The summed E-state index contributed by atoms with van der Waals surface area (Å²) in [7, 11) is 4.08. The van der Waals surface area contributed by atoms with E-state index < -0.39 is 0 Å². The first-order chi connectivity index (χ1) is 11.7. The van der Waals surface area contributed by atoms with Crippen LogP contribution in [-0.4, -0.2) is 40.6 Å². The van der Waals surface area contributed by atoms with Crippen LogP contribution in [0.3, 0.4) is 0 Å². The Kier molecular flexibility index (Phi) is 3.65. The van der Waals surface area contributed by atoms with E-state index in [1.165, 1.54) is 5.69 Å². The van der Waals surface area contributed by atoms with Gasteiger partial charge in [0, 0.05) is 44.5 Å². The average Bonchev–Trinajstić information content (AvgIpc) is 3.09. The maximum absolute atomic E-state index is 4.77. The molecule has 0 saturated carbocycles. The van der Waals surface area contributed by atoms with Crippen LogP contribution in [0.4, 0.5) is 11.6 Å². The summed E-state index contributed by atoms with van der Waals surface area (Å²) in [5.41, 5.74) is 5.53. The van der Waals surface area contributed by atoms with Crippen molar-refractivity contribution in [2.45, 2.75) is 13.0 Å². The molecule has 0 spiro atoms. The van der Waals surface area contributed by atoms with Gasteiger partial charge in [-0.05, 0) is 18.2 Å². The monoisotopic (exact) mass is 320 g/mol. The molecule has 3 heterocycles. The van der Waals surface area contributed by atoms with Crippen molar-refractivity contribution in [3.8, 4) is 11.3 Å². The molecule has 1 aliphatic rings. The molecular formula is C18H20N6. The summed E-state index contributed by atoms with van der Waals surface area (Å²) in [4.78, 5) is 21.1. The molecule has 6 nitrogen and oxygen atoms in total. The molecule has 0 fully saturated rings. The zero-order valence-electron chi connectivity index (χ0n) is 13.9. The molecule has 0 atom stereocenters. The minimum atomic E-state index is 0.768. The van der Waals surface area contributed by atoms with Gasteiger partial charge in [-0.2, -0.15) is 0 Å². The summed E-state index contributed by atoms with van der Waals surface area (Å²) < 4.78 is 0. The minimum absolute atomic E-state index is 0.768. The summed E-state index contributed by atoms with van der Waals surface area (Å²) in [6.45, 7) is 1.67. The number of rotatable bonds is 3. The van der Waals surface area contributed by atoms with Gasteiger partial charge in [-0.25, -0.2) is 15.0 Å². The number of H-pyrrole nitrogens is 1. The van der Waals surface area contributed by atoms with Gasteiger partial charge in [0.25, 0.3) is 0 Å². The van der Waals surface area contributed by atoms with Gasteiger partial charge in [-0.3, -0.25) is 0 Å². The highest BCUT2D eigenvalue weighted by atomic mass is 15.3. The number of imidazole rings is 1. The number of aromatic amines is 1. The minimum Gasteiger partial charge on any atom is -0.378 e. The van der Waals surface area contributed by atoms with Crippen molar-refractivity contribution < 1.29 is 0 Å². The lowest BCUT2D eigenvalue weighted by Crippen LogP contribution is -2.31. The smallest absolute Gasteiger partial charge is 0.226 e. The van der Waals surface area contributed by atoms with Gasteiger partial charge in [-0.1, -0.05) is 12.1 Å². The van der Waals surface area contributed by atoms with Crippen LogP contribution >= 0.6 is 0 Å². The molecule has 122 valence electrons. The van der Waals surface area contributed by atoms with E-state index in [1.807, 2.05) is 26.4 Å². The van der Waals surface area contributed by atoms with Crippen LogP contribution in [0.5, 0.6) is 0 Å². The lowest BCUT2D eigenvalue weighted by molar-refractivity contribution is 0.690. The Morgan fingerprint density at radius 1 is 1.08 bits per heavy atom. The van der Waals surface area contributed by atoms with Crippen LogP contribution in [0.2, 0.25) is 0 Å². The van der Waals surface area contributed by atoms with Gasteiger partial charge < -0.3 is 14.8 Å². The quantitative estimate of drug-likeness (QED) is 0.803. The molecule has 1 aromatic carbocycles. The first-order valence-electron chi connectivity index (χ1n) is 8.07. The number of aromatic nitrogens is 4. The fourth-order valence-corrected chi connectivity index (χ4v) is 2.98. The summed E-state index contributed by atoms with van der Waals surface area (Å²) >= 11 is 0. The van der Waals surface area contributed by atoms with Crippen LogP contribution in [0.25, 0.3) is 11.3 Å². The van der Waals surface area contributed by atoms with Crippen molar-refractivity contribution >= 4 is 11.6 Å². The molecule has 4 rings (SSSR count). The lowest BCUT2D eigenvalue weighted by atomic mass is 10.1. The van der Waals surface area contributed by atoms with Crippen molar-refractivity contribution in [2.75, 3.05) is 30.4 Å². The van der Waals surface area contributed by atoms with E-state index in [2.05, 4.69) is 49.0 Å². The van der Waals surface area contributed by atoms with Crippen molar-refractivity contribution in [1.29, 1.82) is 0 Å². The molecule has 2 aromatic heterocycles. The van der Waals surface area contributed by atoms with Crippen LogP contribution in [-0.2, 0) is 13.0 Å². The number of nitrogens with one attached hydrogen (secondary N) is 1. The molecule has 0 unspecified atom stereocenters.